The van der Waals surface area contributed by atoms with Crippen LogP contribution in [0.5, 0.6) is 0 Å². The first kappa shape index (κ1) is 33.0. The van der Waals surface area contributed by atoms with E-state index in [1.807, 2.05) is 62.5 Å². The summed E-state index contributed by atoms with van der Waals surface area (Å²) in [4.78, 5) is 31.0. The van der Waals surface area contributed by atoms with E-state index in [-0.39, 0.29) is 23.6 Å². The summed E-state index contributed by atoms with van der Waals surface area (Å²) in [5.74, 6) is 0.711. The van der Waals surface area contributed by atoms with Crippen LogP contribution < -0.4 is 4.90 Å². The summed E-state index contributed by atoms with van der Waals surface area (Å²) >= 11 is 0. The molecule has 0 radical (unpaired) electrons. The lowest BCUT2D eigenvalue weighted by atomic mass is 9.92. The molecule has 1 fully saturated rings. The van der Waals surface area contributed by atoms with E-state index in [1.54, 1.807) is 17.9 Å². The molecule has 0 bridgehead atoms. The van der Waals surface area contributed by atoms with Gasteiger partial charge >= 0.3 is 6.09 Å². The Balaban J connectivity index is 1.27. The predicted octanol–water partition coefficient (Wildman–Crippen LogP) is 6.64. The molecule has 0 saturated carbocycles. The quantitative estimate of drug-likeness (QED) is 0.239. The molecule has 6 heterocycles. The van der Waals surface area contributed by atoms with E-state index in [0.717, 1.165) is 52.4 Å². The minimum atomic E-state index is -2.72. The van der Waals surface area contributed by atoms with Crippen LogP contribution in [0.1, 0.15) is 87.5 Å². The third-order valence-corrected chi connectivity index (χ3v) is 9.98. The van der Waals surface area contributed by atoms with Crippen molar-refractivity contribution >= 4 is 34.5 Å². The number of ether oxygens (including phenoxy) is 1. The molecule has 2 amide bonds. The maximum absolute atomic E-state index is 15.0. The summed E-state index contributed by atoms with van der Waals surface area (Å²) in [6.45, 7) is 11.8. The van der Waals surface area contributed by atoms with Crippen molar-refractivity contribution in [3.63, 3.8) is 0 Å². The molecule has 0 spiro atoms. The Kier molecular flexibility index (Phi) is 8.35. The number of likely N-dealkylation sites (tertiary alicyclic amines) is 1. The topological polar surface area (TPSA) is 102 Å². The van der Waals surface area contributed by atoms with Gasteiger partial charge in [-0.2, -0.15) is 10.2 Å². The Bertz CT molecular complexity index is 1940. The second-order valence-corrected chi connectivity index (χ2v) is 14.6. The second kappa shape index (κ2) is 12.4. The van der Waals surface area contributed by atoms with Gasteiger partial charge in [0.25, 0.3) is 6.43 Å². The SMILES string of the molecule is CC(=O)N1CCc2c(c(N3CCCc4cc(-c5cn(C)c6cc(C)nnc56)c(C(F)F)cc43)nn2C2CCN(C(=O)OC(C)(C)C)CC2)C1. The van der Waals surface area contributed by atoms with Crippen molar-refractivity contribution in [3.8, 4) is 11.1 Å². The molecule has 13 heteroatoms. The molecule has 11 nitrogen and oxygen atoms in total. The van der Waals surface area contributed by atoms with Gasteiger partial charge in [0.2, 0.25) is 5.91 Å². The first-order chi connectivity index (χ1) is 23.3. The van der Waals surface area contributed by atoms with Gasteiger partial charge in [0, 0.05) is 80.8 Å². The monoisotopic (exact) mass is 674 g/mol. The zero-order valence-corrected chi connectivity index (χ0v) is 29.1. The maximum atomic E-state index is 15.0. The number of benzene rings is 1. The molecule has 7 rings (SSSR count). The minimum absolute atomic E-state index is 0.00734. The van der Waals surface area contributed by atoms with Gasteiger partial charge in [-0.25, -0.2) is 13.6 Å². The van der Waals surface area contributed by atoms with E-state index in [4.69, 9.17) is 9.84 Å². The van der Waals surface area contributed by atoms with Crippen LogP contribution in [0.4, 0.5) is 25.1 Å². The number of anilines is 2. The molecular weight excluding hydrogens is 630 g/mol. The standard InChI is InChI=1S/C36H44F2N8O3/c1-21-16-31-32(40-39-21)27(19-42(31)6)25-17-23-8-7-12-45(30(23)18-26(25)33(37)38)34-28-20-44(22(2)47)15-11-29(28)46(41-34)24-9-13-43(14-10-24)35(48)49-36(3,4)5/h16-19,24,33H,7-15,20H2,1-6H3. The summed E-state index contributed by atoms with van der Waals surface area (Å²) in [6, 6.07) is 5.51. The zero-order chi connectivity index (χ0) is 34.8. The predicted molar refractivity (Wildman–Crippen MR) is 182 cm³/mol. The number of hydrogen-bond acceptors (Lipinski definition) is 7. The van der Waals surface area contributed by atoms with E-state index in [9.17, 15) is 18.4 Å². The lowest BCUT2D eigenvalue weighted by molar-refractivity contribution is -0.129. The molecule has 1 saturated heterocycles. The van der Waals surface area contributed by atoms with Crippen molar-refractivity contribution in [2.24, 2.45) is 7.05 Å². The summed E-state index contributed by atoms with van der Waals surface area (Å²) in [5, 5.41) is 13.9. The minimum Gasteiger partial charge on any atom is -0.444 e. The lowest BCUT2D eigenvalue weighted by Gasteiger charge is -2.34. The van der Waals surface area contributed by atoms with Crippen molar-refractivity contribution in [1.82, 2.24) is 34.3 Å². The van der Waals surface area contributed by atoms with Crippen molar-refractivity contribution < 1.29 is 23.1 Å². The van der Waals surface area contributed by atoms with Gasteiger partial charge in [-0.05, 0) is 82.7 Å². The van der Waals surface area contributed by atoms with Crippen molar-refractivity contribution in [1.29, 1.82) is 0 Å². The Morgan fingerprint density at radius 2 is 1.73 bits per heavy atom. The number of hydrogen-bond donors (Lipinski definition) is 0. The molecule has 260 valence electrons. The summed E-state index contributed by atoms with van der Waals surface area (Å²) < 4.78 is 39.5. The van der Waals surface area contributed by atoms with Gasteiger partial charge in [0.1, 0.15) is 11.1 Å². The highest BCUT2D eigenvalue weighted by molar-refractivity contribution is 5.94. The van der Waals surface area contributed by atoms with Gasteiger partial charge in [-0.15, -0.1) is 5.10 Å². The molecular formula is C36H44F2N8O3. The highest BCUT2D eigenvalue weighted by Gasteiger charge is 2.36. The number of nitrogens with zero attached hydrogens (tertiary/aromatic N) is 8. The van der Waals surface area contributed by atoms with Crippen LogP contribution in [0.3, 0.4) is 0 Å². The number of rotatable bonds is 4. The zero-order valence-electron chi connectivity index (χ0n) is 29.1. The average Bonchev–Trinajstić information content (AvgIpc) is 3.60. The third kappa shape index (κ3) is 6.12. The van der Waals surface area contributed by atoms with E-state index in [2.05, 4.69) is 19.8 Å². The van der Waals surface area contributed by atoms with Crippen molar-refractivity contribution in [2.75, 3.05) is 31.1 Å². The Morgan fingerprint density at radius 1 is 0.980 bits per heavy atom. The highest BCUT2D eigenvalue weighted by atomic mass is 19.3. The number of halogens is 2. The van der Waals surface area contributed by atoms with Gasteiger partial charge < -0.3 is 24.0 Å². The van der Waals surface area contributed by atoms with Crippen LogP contribution in [0.25, 0.3) is 22.2 Å². The summed E-state index contributed by atoms with van der Waals surface area (Å²) in [6.07, 6.45) is 2.47. The summed E-state index contributed by atoms with van der Waals surface area (Å²) in [5.41, 5.74) is 6.40. The highest BCUT2D eigenvalue weighted by Crippen LogP contribution is 2.45. The Labute approximate surface area is 284 Å². The number of piperidine rings is 1. The normalized spacial score (nSPS) is 17.1. The van der Waals surface area contributed by atoms with E-state index >= 15 is 0 Å². The van der Waals surface area contributed by atoms with Gasteiger partial charge in [-0.1, -0.05) is 0 Å². The molecule has 0 aliphatic carbocycles. The largest absolute Gasteiger partial charge is 0.444 e. The molecule has 3 aliphatic rings. The fourth-order valence-corrected chi connectivity index (χ4v) is 7.58. The van der Waals surface area contributed by atoms with Crippen LogP contribution >= 0.6 is 0 Å². The van der Waals surface area contributed by atoms with Crippen molar-refractivity contribution in [2.45, 2.75) is 91.3 Å². The number of aromatic nitrogens is 5. The lowest BCUT2D eigenvalue weighted by Crippen LogP contribution is -2.42. The van der Waals surface area contributed by atoms with Crippen LogP contribution in [0.2, 0.25) is 0 Å². The second-order valence-electron chi connectivity index (χ2n) is 14.6. The fourth-order valence-electron chi connectivity index (χ4n) is 7.58. The molecule has 3 aliphatic heterocycles. The number of carbonyl (C=O) groups excluding carboxylic acids is 2. The van der Waals surface area contributed by atoms with Crippen LogP contribution in [0.15, 0.2) is 24.4 Å². The Morgan fingerprint density at radius 3 is 2.43 bits per heavy atom. The first-order valence-corrected chi connectivity index (χ1v) is 17.1. The van der Waals surface area contributed by atoms with Crippen LogP contribution in [0, 0.1) is 6.92 Å². The summed E-state index contributed by atoms with van der Waals surface area (Å²) in [7, 11) is 1.89. The number of aryl methyl sites for hydroxylation is 3. The molecule has 0 N–H and O–H groups in total. The number of alkyl halides is 2. The van der Waals surface area contributed by atoms with E-state index in [0.29, 0.717) is 68.6 Å². The number of amides is 2. The van der Waals surface area contributed by atoms with Gasteiger partial charge in [-0.3, -0.25) is 9.48 Å². The van der Waals surface area contributed by atoms with Crippen LogP contribution in [-0.4, -0.2) is 78.1 Å². The molecule has 3 aromatic heterocycles. The fraction of sp³-hybridized carbons (Fsp3) is 0.528. The smallest absolute Gasteiger partial charge is 0.410 e. The van der Waals surface area contributed by atoms with Gasteiger partial charge in [0.05, 0.1) is 23.8 Å². The first-order valence-electron chi connectivity index (χ1n) is 17.1. The maximum Gasteiger partial charge on any atom is 0.410 e. The van der Waals surface area contributed by atoms with E-state index in [1.165, 1.54) is 0 Å². The van der Waals surface area contributed by atoms with Crippen molar-refractivity contribution in [3.05, 3.63) is 52.5 Å². The number of carbonyl (C=O) groups is 2. The Hall–Kier alpha value is -4.55. The third-order valence-electron chi connectivity index (χ3n) is 9.98. The molecule has 4 aromatic rings. The van der Waals surface area contributed by atoms with Gasteiger partial charge in [0.15, 0.2) is 5.82 Å². The number of fused-ring (bicyclic) bond motifs is 3. The molecule has 49 heavy (non-hydrogen) atoms. The molecule has 1 aromatic carbocycles. The molecule has 0 atom stereocenters. The van der Waals surface area contributed by atoms with Crippen LogP contribution in [-0.2, 0) is 36.0 Å². The molecule has 0 unspecified atom stereocenters. The van der Waals surface area contributed by atoms with E-state index < -0.39 is 12.0 Å². The average molecular weight is 675 g/mol.